The molecule has 0 atom stereocenters. The van der Waals surface area contributed by atoms with Gasteiger partial charge in [0.25, 0.3) is 0 Å². The molecule has 3 rings (SSSR count). The fraction of sp³-hybridized carbons (Fsp3) is 0.211. The Bertz CT molecular complexity index is 863. The van der Waals surface area contributed by atoms with Gasteiger partial charge in [-0.2, -0.15) is 0 Å². The van der Waals surface area contributed by atoms with Crippen molar-refractivity contribution in [3.8, 4) is 11.5 Å². The first-order valence-corrected chi connectivity index (χ1v) is 8.31. The zero-order valence-corrected chi connectivity index (χ0v) is 14.6. The number of esters is 1. The van der Waals surface area contributed by atoms with Crippen molar-refractivity contribution in [2.24, 2.45) is 0 Å². The molecule has 140 valence electrons. The van der Waals surface area contributed by atoms with E-state index in [4.69, 9.17) is 14.2 Å². The molecule has 0 aromatic heterocycles. The maximum atomic E-state index is 12.0. The molecule has 0 aliphatic carbocycles. The van der Waals surface area contributed by atoms with Crippen LogP contribution < -0.4 is 20.1 Å². The molecule has 0 bridgehead atoms. The van der Waals surface area contributed by atoms with Crippen LogP contribution in [0.25, 0.3) is 0 Å². The molecule has 2 aromatic carbocycles. The molecule has 0 saturated heterocycles. The first-order valence-electron chi connectivity index (χ1n) is 8.31. The number of hydrogen-bond acceptors (Lipinski definition) is 6. The molecule has 2 N–H and O–H groups in total. The van der Waals surface area contributed by atoms with Crippen molar-refractivity contribution in [1.29, 1.82) is 0 Å². The molecule has 8 nitrogen and oxygen atoms in total. The van der Waals surface area contributed by atoms with Crippen LogP contribution in [-0.2, 0) is 20.9 Å². The maximum Gasteiger partial charge on any atom is 0.338 e. The Morgan fingerprint density at radius 3 is 2.48 bits per heavy atom. The highest BCUT2D eigenvalue weighted by Crippen LogP contribution is 2.32. The lowest BCUT2D eigenvalue weighted by atomic mass is 10.2. The Morgan fingerprint density at radius 2 is 1.74 bits per heavy atom. The number of ether oxygens (including phenoxy) is 3. The Balaban J connectivity index is 1.51. The second-order valence-corrected chi connectivity index (χ2v) is 5.62. The SMILES string of the molecule is CCOC(=O)c1ccc(NC(=O)C(=O)NCc2ccc3c(c2)OCO3)cc1. The summed E-state index contributed by atoms with van der Waals surface area (Å²) in [6.07, 6.45) is 0. The van der Waals surface area contributed by atoms with Crippen LogP contribution in [0.3, 0.4) is 0 Å². The van der Waals surface area contributed by atoms with Crippen molar-refractivity contribution in [3.05, 3.63) is 53.6 Å². The number of carbonyl (C=O) groups excluding carboxylic acids is 3. The summed E-state index contributed by atoms with van der Waals surface area (Å²) >= 11 is 0. The third-order valence-corrected chi connectivity index (χ3v) is 3.75. The Morgan fingerprint density at radius 1 is 1.00 bits per heavy atom. The third-order valence-electron chi connectivity index (χ3n) is 3.75. The highest BCUT2D eigenvalue weighted by Gasteiger charge is 2.16. The van der Waals surface area contributed by atoms with Gasteiger partial charge in [-0.3, -0.25) is 9.59 Å². The number of nitrogens with one attached hydrogen (secondary N) is 2. The van der Waals surface area contributed by atoms with Crippen LogP contribution in [0.1, 0.15) is 22.8 Å². The zero-order chi connectivity index (χ0) is 19.2. The summed E-state index contributed by atoms with van der Waals surface area (Å²) in [7, 11) is 0. The van der Waals surface area contributed by atoms with Crippen molar-refractivity contribution >= 4 is 23.5 Å². The molecule has 1 aliphatic heterocycles. The van der Waals surface area contributed by atoms with E-state index in [1.165, 1.54) is 24.3 Å². The van der Waals surface area contributed by atoms with Crippen LogP contribution in [0, 0.1) is 0 Å². The molecule has 2 aromatic rings. The zero-order valence-electron chi connectivity index (χ0n) is 14.6. The van der Waals surface area contributed by atoms with Crippen molar-refractivity contribution in [2.75, 3.05) is 18.7 Å². The first-order chi connectivity index (χ1) is 13.1. The second-order valence-electron chi connectivity index (χ2n) is 5.62. The largest absolute Gasteiger partial charge is 0.462 e. The van der Waals surface area contributed by atoms with E-state index < -0.39 is 17.8 Å². The van der Waals surface area contributed by atoms with Gasteiger partial charge in [-0.1, -0.05) is 6.07 Å². The normalized spacial score (nSPS) is 11.6. The molecule has 1 heterocycles. The molecular formula is C19H18N2O6. The molecule has 0 fully saturated rings. The van der Waals surface area contributed by atoms with E-state index in [2.05, 4.69) is 10.6 Å². The molecular weight excluding hydrogens is 352 g/mol. The number of carbonyl (C=O) groups is 3. The van der Waals surface area contributed by atoms with E-state index in [1.807, 2.05) is 0 Å². The van der Waals surface area contributed by atoms with Gasteiger partial charge in [0.15, 0.2) is 11.5 Å². The fourth-order valence-corrected chi connectivity index (χ4v) is 2.41. The molecule has 0 radical (unpaired) electrons. The number of hydrogen-bond donors (Lipinski definition) is 2. The van der Waals surface area contributed by atoms with Gasteiger partial charge < -0.3 is 24.8 Å². The predicted octanol–water partition coefficient (Wildman–Crippen LogP) is 1.85. The smallest absolute Gasteiger partial charge is 0.338 e. The first kappa shape index (κ1) is 18.2. The van der Waals surface area contributed by atoms with E-state index in [1.54, 1.807) is 25.1 Å². The Kier molecular flexibility index (Phi) is 5.55. The lowest BCUT2D eigenvalue weighted by Crippen LogP contribution is -2.34. The standard InChI is InChI=1S/C19H18N2O6/c1-2-25-19(24)13-4-6-14(7-5-13)21-18(23)17(22)20-10-12-3-8-15-16(9-12)27-11-26-15/h3-9H,2,10-11H2,1H3,(H,20,22)(H,21,23). The monoisotopic (exact) mass is 370 g/mol. The molecule has 0 unspecified atom stereocenters. The van der Waals surface area contributed by atoms with Gasteiger partial charge in [-0.05, 0) is 48.9 Å². The molecule has 27 heavy (non-hydrogen) atoms. The lowest BCUT2D eigenvalue weighted by Gasteiger charge is -2.08. The lowest BCUT2D eigenvalue weighted by molar-refractivity contribution is -0.136. The van der Waals surface area contributed by atoms with Gasteiger partial charge in [0.1, 0.15) is 0 Å². The van der Waals surface area contributed by atoms with Gasteiger partial charge in [-0.15, -0.1) is 0 Å². The van der Waals surface area contributed by atoms with Gasteiger partial charge in [0.2, 0.25) is 6.79 Å². The average Bonchev–Trinajstić information content (AvgIpc) is 3.14. The van der Waals surface area contributed by atoms with E-state index in [9.17, 15) is 14.4 Å². The minimum absolute atomic E-state index is 0.169. The van der Waals surface area contributed by atoms with Crippen molar-refractivity contribution in [1.82, 2.24) is 5.32 Å². The summed E-state index contributed by atoms with van der Waals surface area (Å²) in [6, 6.07) is 11.3. The van der Waals surface area contributed by atoms with Crippen LogP contribution in [0.15, 0.2) is 42.5 Å². The molecule has 1 aliphatic rings. The van der Waals surface area contributed by atoms with Gasteiger partial charge in [0.05, 0.1) is 12.2 Å². The van der Waals surface area contributed by atoms with Crippen LogP contribution >= 0.6 is 0 Å². The highest BCUT2D eigenvalue weighted by atomic mass is 16.7. The Hall–Kier alpha value is -3.55. The molecule has 0 saturated carbocycles. The summed E-state index contributed by atoms with van der Waals surface area (Å²) in [6.45, 7) is 2.34. The fourth-order valence-electron chi connectivity index (χ4n) is 2.41. The van der Waals surface area contributed by atoms with E-state index in [0.717, 1.165) is 5.56 Å². The topological polar surface area (TPSA) is 103 Å². The van der Waals surface area contributed by atoms with Crippen molar-refractivity contribution < 1.29 is 28.6 Å². The number of fused-ring (bicyclic) bond motifs is 1. The molecule has 2 amide bonds. The van der Waals surface area contributed by atoms with E-state index in [-0.39, 0.29) is 19.9 Å². The number of rotatable bonds is 5. The minimum atomic E-state index is -0.806. The summed E-state index contributed by atoms with van der Waals surface area (Å²) in [5.74, 6) is -0.777. The van der Waals surface area contributed by atoms with E-state index >= 15 is 0 Å². The summed E-state index contributed by atoms with van der Waals surface area (Å²) in [5.41, 5.74) is 1.53. The predicted molar refractivity (Wildman–Crippen MR) is 95.4 cm³/mol. The van der Waals surface area contributed by atoms with Gasteiger partial charge in [0, 0.05) is 12.2 Å². The maximum absolute atomic E-state index is 12.0. The summed E-state index contributed by atoms with van der Waals surface area (Å²) < 4.78 is 15.4. The number of anilines is 1. The van der Waals surface area contributed by atoms with Gasteiger partial charge >= 0.3 is 17.8 Å². The van der Waals surface area contributed by atoms with Crippen molar-refractivity contribution in [3.63, 3.8) is 0 Å². The van der Waals surface area contributed by atoms with Crippen LogP contribution in [0.5, 0.6) is 11.5 Å². The van der Waals surface area contributed by atoms with Crippen LogP contribution in [0.4, 0.5) is 5.69 Å². The van der Waals surface area contributed by atoms with E-state index in [0.29, 0.717) is 22.7 Å². The number of benzene rings is 2. The number of amides is 2. The quantitative estimate of drug-likeness (QED) is 0.615. The summed E-state index contributed by atoms with van der Waals surface area (Å²) in [5, 5.41) is 5.01. The average molecular weight is 370 g/mol. The summed E-state index contributed by atoms with van der Waals surface area (Å²) in [4.78, 5) is 35.5. The van der Waals surface area contributed by atoms with Crippen LogP contribution in [0.2, 0.25) is 0 Å². The molecule has 0 spiro atoms. The van der Waals surface area contributed by atoms with Crippen LogP contribution in [-0.4, -0.2) is 31.2 Å². The van der Waals surface area contributed by atoms with Crippen molar-refractivity contribution in [2.45, 2.75) is 13.5 Å². The minimum Gasteiger partial charge on any atom is -0.462 e. The van der Waals surface area contributed by atoms with Gasteiger partial charge in [-0.25, -0.2) is 4.79 Å². The Labute approximate surface area is 155 Å². The molecule has 8 heteroatoms. The highest BCUT2D eigenvalue weighted by molar-refractivity contribution is 6.39. The second kappa shape index (κ2) is 8.22. The third kappa shape index (κ3) is 4.55.